The van der Waals surface area contributed by atoms with Crippen LogP contribution < -0.4 is 5.32 Å². The Bertz CT molecular complexity index is 441. The molecule has 0 aliphatic heterocycles. The summed E-state index contributed by atoms with van der Waals surface area (Å²) in [6.45, 7) is 1.98. The van der Waals surface area contributed by atoms with E-state index in [0.717, 1.165) is 17.7 Å². The summed E-state index contributed by atoms with van der Waals surface area (Å²) < 4.78 is 0. The zero-order chi connectivity index (χ0) is 13.7. The highest BCUT2D eigenvalue weighted by Crippen LogP contribution is 2.25. The predicted molar refractivity (Wildman–Crippen MR) is 78.1 cm³/mol. The van der Waals surface area contributed by atoms with Crippen molar-refractivity contribution < 1.29 is 9.90 Å². The first kappa shape index (κ1) is 14.3. The third-order valence-electron chi connectivity index (χ3n) is 3.49. The van der Waals surface area contributed by atoms with E-state index < -0.39 is 5.60 Å². The molecule has 1 heterocycles. The van der Waals surface area contributed by atoms with Crippen molar-refractivity contribution in [3.05, 3.63) is 34.0 Å². The Morgan fingerprint density at radius 2 is 2.21 bits per heavy atom. The highest BCUT2D eigenvalue weighted by atomic mass is 32.1. The van der Waals surface area contributed by atoms with Gasteiger partial charge < -0.3 is 10.4 Å². The van der Waals surface area contributed by atoms with E-state index in [9.17, 15) is 9.90 Å². The molecule has 0 saturated heterocycles. The zero-order valence-electron chi connectivity index (χ0n) is 11.3. The highest BCUT2D eigenvalue weighted by molar-refractivity contribution is 7.10. The molecule has 0 bridgehead atoms. The quantitative estimate of drug-likeness (QED) is 0.833. The lowest BCUT2D eigenvalue weighted by molar-refractivity contribution is -0.117. The van der Waals surface area contributed by atoms with E-state index in [1.54, 1.807) is 13.0 Å². The molecule has 1 aliphatic rings. The summed E-state index contributed by atoms with van der Waals surface area (Å²) >= 11 is 1.50. The molecule has 1 aliphatic carbocycles. The van der Waals surface area contributed by atoms with Gasteiger partial charge in [-0.15, -0.1) is 11.3 Å². The van der Waals surface area contributed by atoms with Crippen molar-refractivity contribution in [1.82, 2.24) is 5.32 Å². The first-order chi connectivity index (χ1) is 9.08. The number of thiophene rings is 1. The summed E-state index contributed by atoms with van der Waals surface area (Å²) in [5.41, 5.74) is 0.244. The molecule has 1 aromatic heterocycles. The highest BCUT2D eigenvalue weighted by Gasteiger charge is 2.24. The topological polar surface area (TPSA) is 49.3 Å². The molecule has 1 aromatic rings. The smallest absolute Gasteiger partial charge is 0.244 e. The van der Waals surface area contributed by atoms with Crippen LogP contribution in [0.1, 0.15) is 43.9 Å². The number of amides is 1. The summed E-state index contributed by atoms with van der Waals surface area (Å²) in [5, 5.41) is 15.0. The van der Waals surface area contributed by atoms with Crippen LogP contribution in [0.15, 0.2) is 29.2 Å². The third-order valence-corrected chi connectivity index (χ3v) is 4.61. The number of hydrogen-bond donors (Lipinski definition) is 2. The average Bonchev–Trinajstić information content (AvgIpc) is 2.92. The number of carbonyl (C=O) groups is 1. The van der Waals surface area contributed by atoms with Gasteiger partial charge in [0.15, 0.2) is 0 Å². The van der Waals surface area contributed by atoms with Crippen LogP contribution >= 0.6 is 11.3 Å². The minimum absolute atomic E-state index is 0.0891. The van der Waals surface area contributed by atoms with Gasteiger partial charge in [-0.2, -0.15) is 0 Å². The van der Waals surface area contributed by atoms with Crippen LogP contribution in [0.3, 0.4) is 0 Å². The van der Waals surface area contributed by atoms with Crippen molar-refractivity contribution in [1.29, 1.82) is 0 Å². The molecular formula is C15H21NO2S. The molecule has 19 heavy (non-hydrogen) atoms. The fourth-order valence-corrected chi connectivity index (χ4v) is 3.10. The lowest BCUT2D eigenvalue weighted by atomic mass is 9.94. The van der Waals surface area contributed by atoms with E-state index in [1.807, 2.05) is 17.5 Å². The number of hydrogen-bond acceptors (Lipinski definition) is 3. The van der Waals surface area contributed by atoms with Gasteiger partial charge in [0, 0.05) is 11.0 Å². The summed E-state index contributed by atoms with van der Waals surface area (Å²) in [6, 6.07) is 3.79. The summed E-state index contributed by atoms with van der Waals surface area (Å²) in [7, 11) is 0. The van der Waals surface area contributed by atoms with Crippen molar-refractivity contribution in [3.8, 4) is 0 Å². The minimum atomic E-state index is -0.991. The predicted octanol–water partition coefficient (Wildman–Crippen LogP) is 2.96. The van der Waals surface area contributed by atoms with Gasteiger partial charge in [0.2, 0.25) is 5.91 Å². The van der Waals surface area contributed by atoms with Gasteiger partial charge in [-0.1, -0.05) is 18.1 Å². The van der Waals surface area contributed by atoms with Gasteiger partial charge in [0.25, 0.3) is 0 Å². The van der Waals surface area contributed by atoms with Crippen molar-refractivity contribution in [3.63, 3.8) is 0 Å². The van der Waals surface area contributed by atoms with Crippen LogP contribution in [0.4, 0.5) is 0 Å². The molecule has 1 fully saturated rings. The van der Waals surface area contributed by atoms with Crippen LogP contribution in [0.25, 0.3) is 0 Å². The Morgan fingerprint density at radius 3 is 2.84 bits per heavy atom. The van der Waals surface area contributed by atoms with Gasteiger partial charge >= 0.3 is 0 Å². The monoisotopic (exact) mass is 279 g/mol. The van der Waals surface area contributed by atoms with Crippen LogP contribution in [-0.4, -0.2) is 17.6 Å². The molecule has 4 heteroatoms. The van der Waals surface area contributed by atoms with Crippen molar-refractivity contribution >= 4 is 17.2 Å². The summed E-state index contributed by atoms with van der Waals surface area (Å²) in [6.07, 6.45) is 7.43. The fraction of sp³-hybridized carbons (Fsp3) is 0.533. The summed E-state index contributed by atoms with van der Waals surface area (Å²) in [4.78, 5) is 12.7. The lowest BCUT2D eigenvalue weighted by Gasteiger charge is -2.22. The normalized spacial score (nSPS) is 18.7. The number of allylic oxidation sites excluding steroid dienone is 1. The third kappa shape index (κ3) is 4.18. The average molecular weight is 279 g/mol. The van der Waals surface area contributed by atoms with Crippen LogP contribution in [0.5, 0.6) is 0 Å². The summed E-state index contributed by atoms with van der Waals surface area (Å²) in [5.74, 6) is -0.0891. The van der Waals surface area contributed by atoms with Crippen LogP contribution in [0, 0.1) is 0 Å². The van der Waals surface area contributed by atoms with Gasteiger partial charge in [-0.25, -0.2) is 0 Å². The second-order valence-corrected chi connectivity index (χ2v) is 6.28. The van der Waals surface area contributed by atoms with Crippen molar-refractivity contribution in [2.75, 3.05) is 6.54 Å². The Labute approximate surface area is 118 Å². The van der Waals surface area contributed by atoms with E-state index in [0.29, 0.717) is 0 Å². The van der Waals surface area contributed by atoms with Gasteiger partial charge in [-0.05, 0) is 44.1 Å². The second kappa shape index (κ2) is 6.35. The number of aliphatic hydroxyl groups is 1. The van der Waals surface area contributed by atoms with E-state index in [4.69, 9.17) is 0 Å². The Balaban J connectivity index is 1.86. The van der Waals surface area contributed by atoms with Crippen molar-refractivity contribution in [2.45, 2.75) is 44.6 Å². The molecule has 1 atom stereocenters. The molecule has 2 N–H and O–H groups in total. The largest absolute Gasteiger partial charge is 0.383 e. The van der Waals surface area contributed by atoms with Crippen LogP contribution in [-0.2, 0) is 10.4 Å². The maximum Gasteiger partial charge on any atom is 0.244 e. The van der Waals surface area contributed by atoms with E-state index in [-0.39, 0.29) is 12.5 Å². The molecule has 3 nitrogen and oxygen atoms in total. The fourth-order valence-electron chi connectivity index (χ4n) is 2.32. The SMILES string of the molecule is CC(O)(CNC(=O)C=C1CCCCC1)c1cccs1. The molecular weight excluding hydrogens is 258 g/mol. The molecule has 104 valence electrons. The first-order valence-corrected chi connectivity index (χ1v) is 7.69. The zero-order valence-corrected chi connectivity index (χ0v) is 12.1. The van der Waals surface area contributed by atoms with E-state index >= 15 is 0 Å². The maximum atomic E-state index is 11.8. The maximum absolute atomic E-state index is 11.8. The molecule has 2 rings (SSSR count). The van der Waals surface area contributed by atoms with E-state index in [2.05, 4.69) is 5.32 Å². The molecule has 1 unspecified atom stereocenters. The van der Waals surface area contributed by atoms with Gasteiger partial charge in [0.1, 0.15) is 5.60 Å². The Hall–Kier alpha value is -1.13. The molecule has 0 aromatic carbocycles. The van der Waals surface area contributed by atoms with Crippen LogP contribution in [0.2, 0.25) is 0 Å². The van der Waals surface area contributed by atoms with Gasteiger partial charge in [0.05, 0.1) is 6.54 Å². The molecule has 0 spiro atoms. The Morgan fingerprint density at radius 1 is 1.47 bits per heavy atom. The molecule has 1 saturated carbocycles. The number of rotatable bonds is 4. The minimum Gasteiger partial charge on any atom is -0.383 e. The lowest BCUT2D eigenvalue weighted by Crippen LogP contribution is -2.37. The van der Waals surface area contributed by atoms with E-state index in [1.165, 1.54) is 36.2 Å². The Kier molecular flexibility index (Phi) is 4.77. The van der Waals surface area contributed by atoms with Gasteiger partial charge in [-0.3, -0.25) is 4.79 Å². The standard InChI is InChI=1S/C15H21NO2S/c1-15(18,13-8-5-9-19-13)11-16-14(17)10-12-6-3-2-4-7-12/h5,8-10,18H,2-4,6-7,11H2,1H3,(H,16,17). The van der Waals surface area contributed by atoms with Crippen molar-refractivity contribution in [2.24, 2.45) is 0 Å². The molecule has 1 amide bonds. The number of carbonyl (C=O) groups excluding carboxylic acids is 1. The molecule has 0 radical (unpaired) electrons. The first-order valence-electron chi connectivity index (χ1n) is 6.81. The number of nitrogens with one attached hydrogen (secondary N) is 1. The second-order valence-electron chi connectivity index (χ2n) is 5.33.